The number of carbonyl (C=O) groups excluding carboxylic acids is 1. The van der Waals surface area contributed by atoms with Crippen molar-refractivity contribution in [2.45, 2.75) is 6.54 Å². The molecule has 0 fully saturated rings. The van der Waals surface area contributed by atoms with Gasteiger partial charge in [0.2, 0.25) is 5.91 Å². The standard InChI is InChI=1S/C15H20N2O2/c1-3-9-16-15(18)13-17(10-11-19-2)12-14-7-5-4-6-8-14/h1,4-8H,9-13H2,2H3,(H,16,18). The second-order valence-electron chi connectivity index (χ2n) is 4.17. The molecule has 0 saturated carbocycles. The van der Waals surface area contributed by atoms with Gasteiger partial charge in [-0.3, -0.25) is 9.69 Å². The largest absolute Gasteiger partial charge is 0.383 e. The van der Waals surface area contributed by atoms with Crippen molar-refractivity contribution in [1.29, 1.82) is 0 Å². The predicted octanol–water partition coefficient (Wildman–Crippen LogP) is 0.884. The van der Waals surface area contributed by atoms with E-state index in [-0.39, 0.29) is 12.5 Å². The Morgan fingerprint density at radius 3 is 2.79 bits per heavy atom. The zero-order chi connectivity index (χ0) is 13.9. The molecule has 1 N–H and O–H groups in total. The van der Waals surface area contributed by atoms with Crippen LogP contribution in [0.5, 0.6) is 0 Å². The van der Waals surface area contributed by atoms with Crippen LogP contribution < -0.4 is 5.32 Å². The topological polar surface area (TPSA) is 41.6 Å². The van der Waals surface area contributed by atoms with Crippen molar-refractivity contribution in [2.24, 2.45) is 0 Å². The molecule has 0 bridgehead atoms. The zero-order valence-corrected chi connectivity index (χ0v) is 11.3. The summed E-state index contributed by atoms with van der Waals surface area (Å²) in [5.41, 5.74) is 1.17. The first-order chi connectivity index (χ1) is 9.26. The van der Waals surface area contributed by atoms with E-state index in [1.165, 1.54) is 5.56 Å². The second-order valence-corrected chi connectivity index (χ2v) is 4.17. The Morgan fingerprint density at radius 1 is 1.42 bits per heavy atom. The summed E-state index contributed by atoms with van der Waals surface area (Å²) in [6.45, 7) is 2.60. The third-order valence-electron chi connectivity index (χ3n) is 2.62. The fraction of sp³-hybridized carbons (Fsp3) is 0.400. The molecule has 19 heavy (non-hydrogen) atoms. The van der Waals surface area contributed by atoms with Gasteiger partial charge in [-0.25, -0.2) is 0 Å². The van der Waals surface area contributed by atoms with E-state index in [4.69, 9.17) is 11.2 Å². The smallest absolute Gasteiger partial charge is 0.234 e. The van der Waals surface area contributed by atoms with E-state index in [9.17, 15) is 4.79 Å². The molecule has 0 spiro atoms. The summed E-state index contributed by atoms with van der Waals surface area (Å²) in [6, 6.07) is 10.0. The molecule has 4 nitrogen and oxygen atoms in total. The van der Waals surface area contributed by atoms with Gasteiger partial charge in [-0.15, -0.1) is 6.42 Å². The SMILES string of the molecule is C#CCNC(=O)CN(CCOC)Cc1ccccc1. The van der Waals surface area contributed by atoms with Crippen LogP contribution >= 0.6 is 0 Å². The highest BCUT2D eigenvalue weighted by molar-refractivity contribution is 5.78. The normalized spacial score (nSPS) is 10.2. The first-order valence-electron chi connectivity index (χ1n) is 6.21. The predicted molar refractivity (Wildman–Crippen MR) is 75.4 cm³/mol. The molecule has 1 aromatic rings. The minimum absolute atomic E-state index is 0.0648. The second kappa shape index (κ2) is 9.15. The van der Waals surface area contributed by atoms with Crippen LogP contribution in [0, 0.1) is 12.3 Å². The van der Waals surface area contributed by atoms with E-state index in [0.29, 0.717) is 26.2 Å². The number of amides is 1. The molecule has 4 heteroatoms. The van der Waals surface area contributed by atoms with Gasteiger partial charge >= 0.3 is 0 Å². The van der Waals surface area contributed by atoms with Crippen molar-refractivity contribution < 1.29 is 9.53 Å². The molecular formula is C15H20N2O2. The van der Waals surface area contributed by atoms with Crippen LogP contribution in [0.1, 0.15) is 5.56 Å². The van der Waals surface area contributed by atoms with E-state index in [0.717, 1.165) is 0 Å². The maximum atomic E-state index is 11.7. The molecule has 1 amide bonds. The number of hydrogen-bond donors (Lipinski definition) is 1. The van der Waals surface area contributed by atoms with Gasteiger partial charge < -0.3 is 10.1 Å². The third-order valence-corrected chi connectivity index (χ3v) is 2.62. The molecule has 0 aliphatic carbocycles. The maximum absolute atomic E-state index is 11.7. The highest BCUT2D eigenvalue weighted by atomic mass is 16.5. The monoisotopic (exact) mass is 260 g/mol. The number of nitrogens with zero attached hydrogens (tertiary/aromatic N) is 1. The van der Waals surface area contributed by atoms with Crippen LogP contribution in [-0.2, 0) is 16.1 Å². The quantitative estimate of drug-likeness (QED) is 0.706. The summed E-state index contributed by atoms with van der Waals surface area (Å²) in [4.78, 5) is 13.7. The fourth-order valence-electron chi connectivity index (χ4n) is 1.68. The summed E-state index contributed by atoms with van der Waals surface area (Å²) in [6.07, 6.45) is 5.11. The lowest BCUT2D eigenvalue weighted by Crippen LogP contribution is -2.38. The molecule has 0 saturated heterocycles. The molecule has 1 aromatic carbocycles. The molecule has 0 unspecified atom stereocenters. The number of terminal acetylenes is 1. The molecule has 1 rings (SSSR count). The summed E-state index contributed by atoms with van der Waals surface area (Å²) in [5, 5.41) is 2.67. The molecule has 102 valence electrons. The first-order valence-corrected chi connectivity index (χ1v) is 6.21. The van der Waals surface area contributed by atoms with Crippen LogP contribution in [-0.4, -0.2) is 44.2 Å². The van der Waals surface area contributed by atoms with Gasteiger partial charge in [-0.2, -0.15) is 0 Å². The van der Waals surface area contributed by atoms with Gasteiger partial charge in [-0.1, -0.05) is 36.3 Å². The molecular weight excluding hydrogens is 240 g/mol. The van der Waals surface area contributed by atoms with E-state index in [1.54, 1.807) is 7.11 Å². The number of ether oxygens (including phenoxy) is 1. The van der Waals surface area contributed by atoms with E-state index < -0.39 is 0 Å². The van der Waals surface area contributed by atoms with Gasteiger partial charge in [0.1, 0.15) is 0 Å². The van der Waals surface area contributed by atoms with Crippen LogP contribution in [0.2, 0.25) is 0 Å². The van der Waals surface area contributed by atoms with Crippen molar-refractivity contribution in [3.05, 3.63) is 35.9 Å². The van der Waals surface area contributed by atoms with Crippen LogP contribution in [0.15, 0.2) is 30.3 Å². The van der Waals surface area contributed by atoms with Crippen molar-refractivity contribution in [2.75, 3.05) is 33.4 Å². The van der Waals surface area contributed by atoms with Gasteiger partial charge in [0.15, 0.2) is 0 Å². The number of methoxy groups -OCH3 is 1. The Morgan fingerprint density at radius 2 is 2.16 bits per heavy atom. The van der Waals surface area contributed by atoms with E-state index >= 15 is 0 Å². The summed E-state index contributed by atoms with van der Waals surface area (Å²) in [7, 11) is 1.65. The fourth-order valence-corrected chi connectivity index (χ4v) is 1.68. The van der Waals surface area contributed by atoms with Crippen molar-refractivity contribution in [1.82, 2.24) is 10.2 Å². The number of rotatable bonds is 8. The molecule has 0 heterocycles. The summed E-state index contributed by atoms with van der Waals surface area (Å²) in [5.74, 6) is 2.32. The van der Waals surface area contributed by atoms with Crippen molar-refractivity contribution >= 4 is 5.91 Å². The third kappa shape index (κ3) is 6.61. The lowest BCUT2D eigenvalue weighted by Gasteiger charge is -2.21. The highest BCUT2D eigenvalue weighted by Crippen LogP contribution is 2.03. The molecule has 0 radical (unpaired) electrons. The number of benzene rings is 1. The molecule has 0 aliphatic heterocycles. The summed E-state index contributed by atoms with van der Waals surface area (Å²) < 4.78 is 5.07. The minimum Gasteiger partial charge on any atom is -0.383 e. The van der Waals surface area contributed by atoms with E-state index in [1.807, 2.05) is 35.2 Å². The lowest BCUT2D eigenvalue weighted by molar-refractivity contribution is -0.122. The van der Waals surface area contributed by atoms with Gasteiger partial charge in [0.25, 0.3) is 0 Å². The molecule has 0 aromatic heterocycles. The van der Waals surface area contributed by atoms with Gasteiger partial charge in [-0.05, 0) is 5.56 Å². The maximum Gasteiger partial charge on any atom is 0.234 e. The Balaban J connectivity index is 2.51. The Bertz CT molecular complexity index is 412. The average molecular weight is 260 g/mol. The van der Waals surface area contributed by atoms with Crippen LogP contribution in [0.25, 0.3) is 0 Å². The van der Waals surface area contributed by atoms with Crippen molar-refractivity contribution in [3.63, 3.8) is 0 Å². The molecule has 0 atom stereocenters. The number of carbonyl (C=O) groups is 1. The Hall–Kier alpha value is -1.83. The number of hydrogen-bond acceptors (Lipinski definition) is 3. The van der Waals surface area contributed by atoms with E-state index in [2.05, 4.69) is 11.2 Å². The van der Waals surface area contributed by atoms with Crippen LogP contribution in [0.4, 0.5) is 0 Å². The summed E-state index contributed by atoms with van der Waals surface area (Å²) >= 11 is 0. The van der Waals surface area contributed by atoms with Crippen LogP contribution in [0.3, 0.4) is 0 Å². The van der Waals surface area contributed by atoms with Gasteiger partial charge in [0.05, 0.1) is 19.7 Å². The Kier molecular flexibility index (Phi) is 7.33. The zero-order valence-electron chi connectivity index (χ0n) is 11.3. The Labute approximate surface area is 114 Å². The van der Waals surface area contributed by atoms with Crippen molar-refractivity contribution in [3.8, 4) is 12.3 Å². The lowest BCUT2D eigenvalue weighted by atomic mass is 10.2. The highest BCUT2D eigenvalue weighted by Gasteiger charge is 2.10. The molecule has 0 aliphatic rings. The number of nitrogens with one attached hydrogen (secondary N) is 1. The first kappa shape index (κ1) is 15.2. The average Bonchev–Trinajstić information content (AvgIpc) is 2.43. The minimum atomic E-state index is -0.0648. The van der Waals surface area contributed by atoms with Gasteiger partial charge in [0, 0.05) is 20.2 Å².